The van der Waals surface area contributed by atoms with Crippen LogP contribution in [0.25, 0.3) is 0 Å². The van der Waals surface area contributed by atoms with Gasteiger partial charge < -0.3 is 15.0 Å². The second-order valence-electron chi connectivity index (χ2n) is 6.02. The molecule has 2 heterocycles. The molecule has 2 aliphatic heterocycles. The fourth-order valence-corrected chi connectivity index (χ4v) is 3.29. The molecule has 0 spiro atoms. The van der Waals surface area contributed by atoms with Crippen LogP contribution in [0.15, 0.2) is 24.3 Å². The van der Waals surface area contributed by atoms with Gasteiger partial charge in [-0.3, -0.25) is 4.79 Å². The summed E-state index contributed by atoms with van der Waals surface area (Å²) in [4.78, 5) is 14.7. The molecule has 0 aromatic heterocycles. The number of benzene rings is 1. The summed E-state index contributed by atoms with van der Waals surface area (Å²) < 4.78 is 5.74. The molecule has 21 heavy (non-hydrogen) atoms. The smallest absolute Gasteiger partial charge is 0.240 e. The Morgan fingerprint density at radius 1 is 1.43 bits per heavy atom. The van der Waals surface area contributed by atoms with Gasteiger partial charge in [-0.25, -0.2) is 0 Å². The number of nitrogens with one attached hydrogen (secondary N) is 1. The largest absolute Gasteiger partial charge is 0.491 e. The summed E-state index contributed by atoms with van der Waals surface area (Å²) >= 11 is 0. The van der Waals surface area contributed by atoms with Gasteiger partial charge in [0.1, 0.15) is 12.4 Å². The van der Waals surface area contributed by atoms with Crippen molar-refractivity contribution in [2.75, 3.05) is 19.7 Å². The molecule has 0 radical (unpaired) electrons. The van der Waals surface area contributed by atoms with Crippen LogP contribution in [-0.4, -0.2) is 36.5 Å². The monoisotopic (exact) mass is 288 g/mol. The predicted molar refractivity (Wildman–Crippen MR) is 82.2 cm³/mol. The minimum Gasteiger partial charge on any atom is -0.491 e. The third-order valence-corrected chi connectivity index (χ3v) is 4.65. The van der Waals surface area contributed by atoms with Gasteiger partial charge in [0, 0.05) is 12.1 Å². The summed E-state index contributed by atoms with van der Waals surface area (Å²) in [5, 5.41) is 3.39. The van der Waals surface area contributed by atoms with Gasteiger partial charge >= 0.3 is 0 Å². The fraction of sp³-hybridized carbons (Fsp3) is 0.588. The van der Waals surface area contributed by atoms with Crippen molar-refractivity contribution in [1.82, 2.24) is 10.2 Å². The average molecular weight is 288 g/mol. The third kappa shape index (κ3) is 3.21. The second-order valence-corrected chi connectivity index (χ2v) is 6.02. The molecule has 1 saturated heterocycles. The first-order valence-corrected chi connectivity index (χ1v) is 8.00. The molecule has 1 aromatic rings. The Bertz CT molecular complexity index is 503. The zero-order valence-corrected chi connectivity index (χ0v) is 12.7. The molecule has 2 aliphatic rings. The van der Waals surface area contributed by atoms with E-state index in [4.69, 9.17) is 4.74 Å². The number of ether oxygens (including phenoxy) is 1. The Kier molecular flexibility index (Phi) is 4.44. The molecule has 0 saturated carbocycles. The molecule has 114 valence electrons. The van der Waals surface area contributed by atoms with Gasteiger partial charge in [0.25, 0.3) is 0 Å². The van der Waals surface area contributed by atoms with Crippen LogP contribution in [0.4, 0.5) is 0 Å². The molecule has 1 amide bonds. The number of carbonyl (C=O) groups is 1. The van der Waals surface area contributed by atoms with Crippen molar-refractivity contribution in [3.05, 3.63) is 29.8 Å². The Morgan fingerprint density at radius 2 is 2.29 bits per heavy atom. The highest BCUT2D eigenvalue weighted by atomic mass is 16.5. The highest BCUT2D eigenvalue weighted by Crippen LogP contribution is 2.25. The number of fused-ring (bicyclic) bond motifs is 1. The van der Waals surface area contributed by atoms with Gasteiger partial charge in [0.05, 0.1) is 12.6 Å². The number of rotatable bonds is 2. The Morgan fingerprint density at radius 3 is 3.14 bits per heavy atom. The third-order valence-electron chi connectivity index (χ3n) is 4.65. The predicted octanol–water partition coefficient (Wildman–Crippen LogP) is 2.19. The molecule has 1 aromatic carbocycles. The van der Waals surface area contributed by atoms with Crippen molar-refractivity contribution >= 4 is 5.91 Å². The minimum absolute atomic E-state index is 0.0195. The number of hydrogen-bond acceptors (Lipinski definition) is 3. The summed E-state index contributed by atoms with van der Waals surface area (Å²) in [5.41, 5.74) is 1.10. The van der Waals surface area contributed by atoms with E-state index < -0.39 is 0 Å². The van der Waals surface area contributed by atoms with E-state index >= 15 is 0 Å². The summed E-state index contributed by atoms with van der Waals surface area (Å²) in [6, 6.07) is 7.99. The van der Waals surface area contributed by atoms with Gasteiger partial charge in [0.2, 0.25) is 5.91 Å². The highest BCUT2D eigenvalue weighted by molar-refractivity contribution is 5.82. The first-order valence-electron chi connectivity index (χ1n) is 8.00. The summed E-state index contributed by atoms with van der Waals surface area (Å²) in [6.07, 6.45) is 3.32. The maximum atomic E-state index is 12.8. The van der Waals surface area contributed by atoms with Crippen LogP contribution in [0.2, 0.25) is 0 Å². The second kappa shape index (κ2) is 6.48. The van der Waals surface area contributed by atoms with Crippen molar-refractivity contribution < 1.29 is 9.53 Å². The molecular weight excluding hydrogens is 264 g/mol. The first kappa shape index (κ1) is 14.4. The van der Waals surface area contributed by atoms with Crippen molar-refractivity contribution in [2.45, 2.75) is 38.8 Å². The molecule has 4 nitrogen and oxygen atoms in total. The normalized spacial score (nSPS) is 25.7. The lowest BCUT2D eigenvalue weighted by Gasteiger charge is -2.32. The number of hydrogen-bond donors (Lipinski definition) is 1. The molecule has 2 unspecified atom stereocenters. The quantitative estimate of drug-likeness (QED) is 0.907. The summed E-state index contributed by atoms with van der Waals surface area (Å²) in [7, 11) is 0. The maximum Gasteiger partial charge on any atom is 0.240 e. The molecule has 0 aliphatic carbocycles. The molecular formula is C17H24N2O2. The zero-order chi connectivity index (χ0) is 14.7. The van der Waals surface area contributed by atoms with Gasteiger partial charge in [0.15, 0.2) is 0 Å². The van der Waals surface area contributed by atoms with Crippen LogP contribution < -0.4 is 10.1 Å². The number of para-hydroxylation sites is 1. The molecule has 1 N–H and O–H groups in total. The minimum atomic E-state index is -0.0195. The van der Waals surface area contributed by atoms with Crippen LogP contribution >= 0.6 is 0 Å². The Hall–Kier alpha value is -1.55. The van der Waals surface area contributed by atoms with Crippen molar-refractivity contribution in [3.63, 3.8) is 0 Å². The van der Waals surface area contributed by atoms with E-state index in [9.17, 15) is 4.79 Å². The van der Waals surface area contributed by atoms with E-state index in [1.807, 2.05) is 29.2 Å². The van der Waals surface area contributed by atoms with Crippen molar-refractivity contribution in [1.29, 1.82) is 0 Å². The van der Waals surface area contributed by atoms with E-state index in [-0.39, 0.29) is 11.9 Å². The first-order chi connectivity index (χ1) is 10.3. The number of amides is 1. The Labute approximate surface area is 126 Å². The van der Waals surface area contributed by atoms with E-state index in [0.29, 0.717) is 25.6 Å². The summed E-state index contributed by atoms with van der Waals surface area (Å²) in [5.74, 6) is 1.82. The van der Waals surface area contributed by atoms with Gasteiger partial charge in [-0.05, 0) is 31.4 Å². The van der Waals surface area contributed by atoms with Crippen LogP contribution in [-0.2, 0) is 11.3 Å². The van der Waals surface area contributed by atoms with Crippen molar-refractivity contribution in [3.8, 4) is 5.75 Å². The summed E-state index contributed by atoms with van der Waals surface area (Å²) in [6.45, 7) is 5.07. The van der Waals surface area contributed by atoms with Crippen LogP contribution in [0.1, 0.15) is 31.7 Å². The van der Waals surface area contributed by atoms with E-state index in [2.05, 4.69) is 12.2 Å². The highest BCUT2D eigenvalue weighted by Gasteiger charge is 2.30. The van der Waals surface area contributed by atoms with E-state index in [0.717, 1.165) is 30.7 Å². The van der Waals surface area contributed by atoms with Crippen LogP contribution in [0.5, 0.6) is 5.75 Å². The molecule has 2 atom stereocenters. The SMILES string of the molecule is CCC1CCNC(C(=O)N2CCOc3ccccc3C2)C1. The standard InChI is InChI=1S/C17H24N2O2/c1-2-13-7-8-18-15(11-13)17(20)19-9-10-21-16-6-4-3-5-14(16)12-19/h3-6,13,15,18H,2,7-12H2,1H3. The number of nitrogens with zero attached hydrogens (tertiary/aromatic N) is 1. The van der Waals surface area contributed by atoms with Gasteiger partial charge in [-0.2, -0.15) is 0 Å². The lowest BCUT2D eigenvalue weighted by Crippen LogP contribution is -2.50. The van der Waals surface area contributed by atoms with Crippen LogP contribution in [0, 0.1) is 5.92 Å². The average Bonchev–Trinajstić information content (AvgIpc) is 2.76. The van der Waals surface area contributed by atoms with E-state index in [1.165, 1.54) is 6.42 Å². The maximum absolute atomic E-state index is 12.8. The Balaban J connectivity index is 1.70. The van der Waals surface area contributed by atoms with Gasteiger partial charge in [-0.15, -0.1) is 0 Å². The van der Waals surface area contributed by atoms with E-state index in [1.54, 1.807) is 0 Å². The molecule has 4 heteroatoms. The van der Waals surface area contributed by atoms with Crippen molar-refractivity contribution in [2.24, 2.45) is 5.92 Å². The lowest BCUT2D eigenvalue weighted by atomic mass is 9.90. The molecule has 1 fully saturated rings. The topological polar surface area (TPSA) is 41.6 Å². The number of carbonyl (C=O) groups excluding carboxylic acids is 1. The zero-order valence-electron chi connectivity index (χ0n) is 12.7. The molecule has 3 rings (SSSR count). The number of piperidine rings is 1. The van der Waals surface area contributed by atoms with Crippen LogP contribution in [0.3, 0.4) is 0 Å². The van der Waals surface area contributed by atoms with Gasteiger partial charge in [-0.1, -0.05) is 31.5 Å². The fourth-order valence-electron chi connectivity index (χ4n) is 3.29. The molecule has 0 bridgehead atoms. The lowest BCUT2D eigenvalue weighted by molar-refractivity contribution is -0.135.